The third-order valence-electron chi connectivity index (χ3n) is 3.57. The van der Waals surface area contributed by atoms with Gasteiger partial charge in [0.05, 0.1) is 36.2 Å². The predicted molar refractivity (Wildman–Crippen MR) is 78.8 cm³/mol. The van der Waals surface area contributed by atoms with Crippen molar-refractivity contribution >= 4 is 11.3 Å². The topological polar surface area (TPSA) is 43.2 Å². The van der Waals surface area contributed by atoms with Crippen LogP contribution in [-0.4, -0.2) is 45.5 Å². The molecule has 3 rings (SSSR count). The molecule has 0 amide bonds. The van der Waals surface area contributed by atoms with Crippen molar-refractivity contribution in [3.05, 3.63) is 34.0 Å². The zero-order chi connectivity index (χ0) is 13.9. The lowest BCUT2D eigenvalue weighted by molar-refractivity contribution is -0.0407. The Kier molecular flexibility index (Phi) is 4.14. The molecule has 6 heteroatoms. The molecule has 1 aliphatic rings. The smallest absolute Gasteiger partial charge is 0.0898 e. The molecule has 2 aromatic rings. The summed E-state index contributed by atoms with van der Waals surface area (Å²) in [5.74, 6) is 0. The number of aromatic nitrogens is 3. The average molecular weight is 292 g/mol. The van der Waals surface area contributed by atoms with Gasteiger partial charge in [-0.3, -0.25) is 9.58 Å². The molecule has 108 valence electrons. The van der Waals surface area contributed by atoms with Crippen molar-refractivity contribution in [3.63, 3.8) is 0 Å². The monoisotopic (exact) mass is 292 g/mol. The molecule has 0 N–H and O–H groups in total. The fraction of sp³-hybridized carbons (Fsp3) is 0.571. The minimum absolute atomic E-state index is 0.209. The molecule has 0 bridgehead atoms. The molecule has 0 aromatic carbocycles. The summed E-state index contributed by atoms with van der Waals surface area (Å²) in [4.78, 5) is 6.77. The van der Waals surface area contributed by atoms with Crippen molar-refractivity contribution < 1.29 is 4.74 Å². The van der Waals surface area contributed by atoms with Crippen LogP contribution in [0.25, 0.3) is 0 Å². The second-order valence-electron chi connectivity index (χ2n) is 5.32. The van der Waals surface area contributed by atoms with E-state index in [1.54, 1.807) is 11.3 Å². The van der Waals surface area contributed by atoms with E-state index in [0.717, 1.165) is 44.2 Å². The number of hydrogen-bond acceptors (Lipinski definition) is 5. The van der Waals surface area contributed by atoms with Crippen molar-refractivity contribution in [3.8, 4) is 0 Å². The Balaban J connectivity index is 1.59. The SMILES string of the molecule is Cc1cc(C)n(C[C@@H]2CN(Cc3cscn3)CCO2)n1. The van der Waals surface area contributed by atoms with E-state index in [-0.39, 0.29) is 6.10 Å². The first-order chi connectivity index (χ1) is 9.70. The summed E-state index contributed by atoms with van der Waals surface area (Å²) < 4.78 is 7.92. The van der Waals surface area contributed by atoms with Crippen molar-refractivity contribution in [2.75, 3.05) is 19.7 Å². The molecule has 0 spiro atoms. The summed E-state index contributed by atoms with van der Waals surface area (Å²) in [5, 5.41) is 6.63. The number of aryl methyl sites for hydroxylation is 2. The predicted octanol–water partition coefficient (Wildman–Crippen LogP) is 1.86. The zero-order valence-corrected chi connectivity index (χ0v) is 12.8. The Bertz CT molecular complexity index is 552. The van der Waals surface area contributed by atoms with Crippen molar-refractivity contribution in [2.45, 2.75) is 33.0 Å². The normalized spacial score (nSPS) is 20.4. The fourth-order valence-electron chi connectivity index (χ4n) is 2.63. The maximum absolute atomic E-state index is 5.88. The van der Waals surface area contributed by atoms with E-state index in [4.69, 9.17) is 4.74 Å². The Morgan fingerprint density at radius 3 is 3.05 bits per heavy atom. The van der Waals surface area contributed by atoms with Crippen molar-refractivity contribution in [1.29, 1.82) is 0 Å². The van der Waals surface area contributed by atoms with Gasteiger partial charge in [-0.1, -0.05) is 0 Å². The molecular formula is C14H20N4OS. The van der Waals surface area contributed by atoms with Crippen LogP contribution in [0.2, 0.25) is 0 Å². The number of thiazole rings is 1. The van der Waals surface area contributed by atoms with Gasteiger partial charge in [0.2, 0.25) is 0 Å². The van der Waals surface area contributed by atoms with Crippen LogP contribution in [0, 0.1) is 13.8 Å². The van der Waals surface area contributed by atoms with Gasteiger partial charge in [-0.2, -0.15) is 5.10 Å². The molecule has 0 radical (unpaired) electrons. The lowest BCUT2D eigenvalue weighted by Gasteiger charge is -2.32. The Hall–Kier alpha value is -1.24. The number of morpholine rings is 1. The summed E-state index contributed by atoms with van der Waals surface area (Å²) in [6.45, 7) is 8.57. The highest BCUT2D eigenvalue weighted by Gasteiger charge is 2.22. The highest BCUT2D eigenvalue weighted by Crippen LogP contribution is 2.13. The van der Waals surface area contributed by atoms with Crippen LogP contribution in [-0.2, 0) is 17.8 Å². The maximum atomic E-state index is 5.88. The van der Waals surface area contributed by atoms with Crippen molar-refractivity contribution in [2.24, 2.45) is 0 Å². The minimum Gasteiger partial charge on any atom is -0.374 e. The van der Waals surface area contributed by atoms with Gasteiger partial charge in [0.25, 0.3) is 0 Å². The first-order valence-corrected chi connectivity index (χ1v) is 7.87. The van der Waals surface area contributed by atoms with Gasteiger partial charge in [0.1, 0.15) is 0 Å². The van der Waals surface area contributed by atoms with Gasteiger partial charge >= 0.3 is 0 Å². The van der Waals surface area contributed by atoms with Crippen LogP contribution < -0.4 is 0 Å². The fourth-order valence-corrected chi connectivity index (χ4v) is 3.18. The third-order valence-corrected chi connectivity index (χ3v) is 4.21. The molecule has 2 aromatic heterocycles. The van der Waals surface area contributed by atoms with Crippen LogP contribution in [0.5, 0.6) is 0 Å². The lowest BCUT2D eigenvalue weighted by atomic mass is 10.2. The van der Waals surface area contributed by atoms with E-state index in [2.05, 4.69) is 33.4 Å². The van der Waals surface area contributed by atoms with Gasteiger partial charge in [-0.05, 0) is 19.9 Å². The highest BCUT2D eigenvalue weighted by atomic mass is 32.1. The molecule has 0 aliphatic carbocycles. The molecule has 1 aliphatic heterocycles. The molecule has 0 saturated carbocycles. The largest absolute Gasteiger partial charge is 0.374 e. The second-order valence-corrected chi connectivity index (χ2v) is 6.04. The number of ether oxygens (including phenoxy) is 1. The van der Waals surface area contributed by atoms with E-state index in [9.17, 15) is 0 Å². The van der Waals surface area contributed by atoms with E-state index in [1.165, 1.54) is 5.69 Å². The van der Waals surface area contributed by atoms with Crippen LogP contribution in [0.1, 0.15) is 17.1 Å². The minimum atomic E-state index is 0.209. The van der Waals surface area contributed by atoms with Gasteiger partial charge in [0.15, 0.2) is 0 Å². The summed E-state index contributed by atoms with van der Waals surface area (Å²) in [6.07, 6.45) is 0.209. The molecule has 5 nitrogen and oxygen atoms in total. The molecule has 1 atom stereocenters. The van der Waals surface area contributed by atoms with Gasteiger partial charge in [0, 0.05) is 30.7 Å². The first-order valence-electron chi connectivity index (χ1n) is 6.93. The number of rotatable bonds is 4. The quantitative estimate of drug-likeness (QED) is 0.862. The number of nitrogens with zero attached hydrogens (tertiary/aromatic N) is 4. The third kappa shape index (κ3) is 3.26. The molecule has 3 heterocycles. The zero-order valence-electron chi connectivity index (χ0n) is 12.0. The van der Waals surface area contributed by atoms with E-state index in [1.807, 2.05) is 17.1 Å². The molecular weight excluding hydrogens is 272 g/mol. The standard InChI is InChI=1S/C14H20N4OS/c1-11-5-12(2)18(16-11)8-14-7-17(3-4-19-14)6-13-9-20-10-15-13/h5,9-10,14H,3-4,6-8H2,1-2H3/t14-/m0/s1. The second kappa shape index (κ2) is 6.03. The summed E-state index contributed by atoms with van der Waals surface area (Å²) in [5.41, 5.74) is 5.31. The molecule has 20 heavy (non-hydrogen) atoms. The molecule has 1 saturated heterocycles. The average Bonchev–Trinajstić information content (AvgIpc) is 3.01. The van der Waals surface area contributed by atoms with Gasteiger partial charge < -0.3 is 4.74 Å². The van der Waals surface area contributed by atoms with E-state index >= 15 is 0 Å². The molecule has 0 unspecified atom stereocenters. The van der Waals surface area contributed by atoms with Crippen LogP contribution in [0.4, 0.5) is 0 Å². The van der Waals surface area contributed by atoms with Crippen molar-refractivity contribution in [1.82, 2.24) is 19.7 Å². The Morgan fingerprint density at radius 1 is 1.45 bits per heavy atom. The van der Waals surface area contributed by atoms with Crippen LogP contribution in [0.3, 0.4) is 0 Å². The molecule has 1 fully saturated rings. The van der Waals surface area contributed by atoms with Gasteiger partial charge in [-0.25, -0.2) is 4.98 Å². The summed E-state index contributed by atoms with van der Waals surface area (Å²) in [7, 11) is 0. The summed E-state index contributed by atoms with van der Waals surface area (Å²) in [6, 6.07) is 2.11. The first kappa shape index (κ1) is 13.7. The lowest BCUT2D eigenvalue weighted by Crippen LogP contribution is -2.44. The number of hydrogen-bond donors (Lipinski definition) is 0. The Morgan fingerprint density at radius 2 is 2.35 bits per heavy atom. The Labute approximate surface area is 123 Å². The highest BCUT2D eigenvalue weighted by molar-refractivity contribution is 7.07. The van der Waals surface area contributed by atoms with E-state index in [0.29, 0.717) is 0 Å². The van der Waals surface area contributed by atoms with Crippen LogP contribution >= 0.6 is 11.3 Å². The summed E-state index contributed by atoms with van der Waals surface area (Å²) >= 11 is 1.65. The maximum Gasteiger partial charge on any atom is 0.0898 e. The van der Waals surface area contributed by atoms with Crippen LogP contribution in [0.15, 0.2) is 17.0 Å². The van der Waals surface area contributed by atoms with E-state index < -0.39 is 0 Å². The van der Waals surface area contributed by atoms with Gasteiger partial charge in [-0.15, -0.1) is 11.3 Å².